The average Bonchev–Trinajstić information content (AvgIpc) is 2.83. The Morgan fingerprint density at radius 3 is 0.967 bits per heavy atom. The molecule has 0 spiro atoms. The largest absolute Gasteiger partial charge is 0.497 e. The minimum atomic E-state index is 0.701. The van der Waals surface area contributed by atoms with E-state index in [9.17, 15) is 0 Å². The second-order valence-electron chi connectivity index (χ2n) is 5.96. The molecule has 0 N–H and O–H groups in total. The summed E-state index contributed by atoms with van der Waals surface area (Å²) in [7, 11) is 9.77. The van der Waals surface area contributed by atoms with Gasteiger partial charge in [0.15, 0.2) is 0 Å². The van der Waals surface area contributed by atoms with Crippen LogP contribution < -0.4 is 28.4 Å². The van der Waals surface area contributed by atoms with Crippen LogP contribution in [-0.2, 0) is 0 Å². The summed E-state index contributed by atoms with van der Waals surface area (Å²) < 4.78 is 31.8. The topological polar surface area (TPSA) is 55.4 Å². The van der Waals surface area contributed by atoms with Gasteiger partial charge in [0.05, 0.1) is 53.8 Å². The Bertz CT molecular complexity index is 821. The van der Waals surface area contributed by atoms with Crippen molar-refractivity contribution in [3.63, 3.8) is 0 Å². The molecule has 0 aliphatic rings. The van der Waals surface area contributed by atoms with Crippen LogP contribution in [0.5, 0.6) is 34.5 Å². The molecule has 3 aromatic rings. The minimum Gasteiger partial charge on any atom is -0.497 e. The van der Waals surface area contributed by atoms with Gasteiger partial charge in [-0.15, -0.1) is 0 Å². The Labute approximate surface area is 177 Å². The monoisotopic (exact) mass is 412 g/mol. The van der Waals surface area contributed by atoms with Gasteiger partial charge in [-0.25, -0.2) is 0 Å². The molecule has 0 aliphatic carbocycles. The molecule has 160 valence electrons. The van der Waals surface area contributed by atoms with Crippen molar-refractivity contribution in [2.24, 2.45) is 0 Å². The van der Waals surface area contributed by atoms with Gasteiger partial charge in [-0.1, -0.05) is 18.2 Å². The standard InChI is InChI=1S/C16H18O4.C8H10O2/c1-17-11-7-5-8-12(18-2)15(11)16-13(19-3)9-6-10-14(16)20-4;1-9-7-4-3-5-8(6-7)10-2/h5-10H,1-4H3;3-6H,1-2H3. The Hall–Kier alpha value is -3.54. The van der Waals surface area contributed by atoms with Crippen LogP contribution in [0.15, 0.2) is 60.7 Å². The molecule has 6 nitrogen and oxygen atoms in total. The number of hydrogen-bond acceptors (Lipinski definition) is 6. The molecule has 0 amide bonds. The van der Waals surface area contributed by atoms with Crippen molar-refractivity contribution in [1.82, 2.24) is 0 Å². The van der Waals surface area contributed by atoms with Gasteiger partial charge in [0.2, 0.25) is 0 Å². The van der Waals surface area contributed by atoms with E-state index in [1.54, 1.807) is 42.7 Å². The van der Waals surface area contributed by atoms with Crippen LogP contribution in [0.2, 0.25) is 0 Å². The maximum Gasteiger partial charge on any atom is 0.130 e. The van der Waals surface area contributed by atoms with E-state index in [0.29, 0.717) is 23.0 Å². The first-order valence-corrected chi connectivity index (χ1v) is 9.23. The molecule has 6 heteroatoms. The maximum absolute atomic E-state index is 5.45. The third-order valence-electron chi connectivity index (χ3n) is 4.38. The van der Waals surface area contributed by atoms with E-state index >= 15 is 0 Å². The highest BCUT2D eigenvalue weighted by Gasteiger charge is 2.20. The van der Waals surface area contributed by atoms with Crippen LogP contribution in [0, 0.1) is 0 Å². The molecular formula is C24H28O6. The lowest BCUT2D eigenvalue weighted by Gasteiger charge is -2.18. The Kier molecular flexibility index (Phi) is 8.69. The van der Waals surface area contributed by atoms with Crippen LogP contribution >= 0.6 is 0 Å². The summed E-state index contributed by atoms with van der Waals surface area (Å²) >= 11 is 0. The highest BCUT2D eigenvalue weighted by molar-refractivity contribution is 5.85. The Morgan fingerprint density at radius 1 is 0.400 bits per heavy atom. The molecule has 0 fully saturated rings. The summed E-state index contributed by atoms with van der Waals surface area (Å²) in [6.45, 7) is 0. The molecule has 0 unspecified atom stereocenters. The van der Waals surface area contributed by atoms with Gasteiger partial charge in [-0.3, -0.25) is 0 Å². The summed E-state index contributed by atoms with van der Waals surface area (Å²) in [6.07, 6.45) is 0. The molecule has 0 aromatic heterocycles. The van der Waals surface area contributed by atoms with E-state index in [-0.39, 0.29) is 0 Å². The zero-order chi connectivity index (χ0) is 21.9. The fraction of sp³-hybridized carbons (Fsp3) is 0.250. The number of methoxy groups -OCH3 is 6. The van der Waals surface area contributed by atoms with E-state index in [0.717, 1.165) is 22.6 Å². The van der Waals surface area contributed by atoms with E-state index in [1.165, 1.54) is 0 Å². The summed E-state index contributed by atoms with van der Waals surface area (Å²) in [5, 5.41) is 0. The molecule has 0 saturated carbocycles. The molecule has 3 aromatic carbocycles. The zero-order valence-electron chi connectivity index (χ0n) is 18.2. The van der Waals surface area contributed by atoms with Crippen LogP contribution in [-0.4, -0.2) is 42.7 Å². The lowest BCUT2D eigenvalue weighted by Crippen LogP contribution is -1.97. The quantitative estimate of drug-likeness (QED) is 0.539. The molecule has 0 heterocycles. The normalized spacial score (nSPS) is 9.67. The van der Waals surface area contributed by atoms with Crippen molar-refractivity contribution in [3.05, 3.63) is 60.7 Å². The first kappa shape index (κ1) is 22.7. The second kappa shape index (κ2) is 11.5. The van der Waals surface area contributed by atoms with Gasteiger partial charge in [-0.05, 0) is 36.4 Å². The first-order valence-electron chi connectivity index (χ1n) is 9.23. The lowest BCUT2D eigenvalue weighted by molar-refractivity contribution is 0.386. The summed E-state index contributed by atoms with van der Waals surface area (Å²) in [5.74, 6) is 4.44. The lowest BCUT2D eigenvalue weighted by atomic mass is 10.0. The van der Waals surface area contributed by atoms with Crippen LogP contribution in [0.4, 0.5) is 0 Å². The average molecular weight is 412 g/mol. The van der Waals surface area contributed by atoms with Crippen LogP contribution in [0.1, 0.15) is 0 Å². The van der Waals surface area contributed by atoms with E-state index < -0.39 is 0 Å². The highest BCUT2D eigenvalue weighted by Crippen LogP contribution is 2.47. The Morgan fingerprint density at radius 2 is 0.700 bits per heavy atom. The third kappa shape index (κ3) is 5.29. The van der Waals surface area contributed by atoms with Gasteiger partial charge < -0.3 is 28.4 Å². The van der Waals surface area contributed by atoms with Crippen molar-refractivity contribution in [1.29, 1.82) is 0 Å². The number of hydrogen-bond donors (Lipinski definition) is 0. The predicted molar refractivity (Wildman–Crippen MR) is 118 cm³/mol. The molecule has 0 atom stereocenters. The van der Waals surface area contributed by atoms with Gasteiger partial charge in [0.25, 0.3) is 0 Å². The van der Waals surface area contributed by atoms with Crippen molar-refractivity contribution in [3.8, 4) is 45.6 Å². The maximum atomic E-state index is 5.45. The number of benzene rings is 3. The van der Waals surface area contributed by atoms with Gasteiger partial charge in [-0.2, -0.15) is 0 Å². The third-order valence-corrected chi connectivity index (χ3v) is 4.38. The van der Waals surface area contributed by atoms with E-state index in [2.05, 4.69) is 0 Å². The first-order chi connectivity index (χ1) is 14.6. The summed E-state index contributed by atoms with van der Waals surface area (Å²) in [5.41, 5.74) is 1.62. The SMILES string of the molecule is COc1cccc(OC)c1.COc1cccc(OC)c1-c1c(OC)cccc1OC. The van der Waals surface area contributed by atoms with Gasteiger partial charge >= 0.3 is 0 Å². The number of rotatable bonds is 7. The van der Waals surface area contributed by atoms with Crippen molar-refractivity contribution >= 4 is 0 Å². The zero-order valence-corrected chi connectivity index (χ0v) is 18.2. The highest BCUT2D eigenvalue weighted by atomic mass is 16.5. The van der Waals surface area contributed by atoms with Gasteiger partial charge in [0, 0.05) is 6.07 Å². The molecule has 0 radical (unpaired) electrons. The van der Waals surface area contributed by atoms with Crippen LogP contribution in [0.25, 0.3) is 11.1 Å². The number of ether oxygens (including phenoxy) is 6. The summed E-state index contributed by atoms with van der Waals surface area (Å²) in [6, 6.07) is 18.7. The Balaban J connectivity index is 0.000000269. The minimum absolute atomic E-state index is 0.701. The van der Waals surface area contributed by atoms with E-state index in [4.69, 9.17) is 28.4 Å². The van der Waals surface area contributed by atoms with Crippen molar-refractivity contribution in [2.75, 3.05) is 42.7 Å². The van der Waals surface area contributed by atoms with E-state index in [1.807, 2.05) is 60.7 Å². The van der Waals surface area contributed by atoms with Crippen molar-refractivity contribution in [2.45, 2.75) is 0 Å². The fourth-order valence-corrected chi connectivity index (χ4v) is 2.92. The second-order valence-corrected chi connectivity index (χ2v) is 5.96. The van der Waals surface area contributed by atoms with Crippen molar-refractivity contribution < 1.29 is 28.4 Å². The molecule has 0 bridgehead atoms. The fourth-order valence-electron chi connectivity index (χ4n) is 2.92. The molecular weight excluding hydrogens is 384 g/mol. The molecule has 0 aliphatic heterocycles. The smallest absolute Gasteiger partial charge is 0.130 e. The summed E-state index contributed by atoms with van der Waals surface area (Å²) in [4.78, 5) is 0. The predicted octanol–water partition coefficient (Wildman–Crippen LogP) is 5.09. The van der Waals surface area contributed by atoms with Crippen LogP contribution in [0.3, 0.4) is 0 Å². The van der Waals surface area contributed by atoms with Gasteiger partial charge in [0.1, 0.15) is 34.5 Å². The molecule has 3 rings (SSSR count). The molecule has 30 heavy (non-hydrogen) atoms. The molecule has 0 saturated heterocycles.